The second kappa shape index (κ2) is 8.91. The van der Waals surface area contributed by atoms with Crippen LogP contribution in [-0.4, -0.2) is 35.4 Å². The Morgan fingerprint density at radius 3 is 2.89 bits per heavy atom. The second-order valence-electron chi connectivity index (χ2n) is 3.99. The van der Waals surface area contributed by atoms with Crippen molar-refractivity contribution >= 4 is 27.5 Å². The molecule has 0 unspecified atom stereocenters. The molecule has 6 heteroatoms. The van der Waals surface area contributed by atoms with E-state index in [1.165, 1.54) is 5.69 Å². The highest BCUT2D eigenvalue weighted by Crippen LogP contribution is 2.20. The van der Waals surface area contributed by atoms with Crippen LogP contribution in [0.4, 0.5) is 0 Å². The molecule has 0 aromatic carbocycles. The van der Waals surface area contributed by atoms with Gasteiger partial charge < -0.3 is 10.1 Å². The first-order valence-electron chi connectivity index (χ1n) is 6.26. The third-order valence-corrected chi connectivity index (χ3v) is 3.79. The van der Waals surface area contributed by atoms with Crippen LogP contribution in [0.1, 0.15) is 24.7 Å². The van der Waals surface area contributed by atoms with Crippen LogP contribution in [0.25, 0.3) is 0 Å². The van der Waals surface area contributed by atoms with Crippen molar-refractivity contribution in [2.45, 2.75) is 33.4 Å². The number of hydrogen-bond acceptors (Lipinski definition) is 3. The molecule has 1 aromatic rings. The predicted octanol–water partition coefficient (Wildman–Crippen LogP) is 2.71. The fourth-order valence-electron chi connectivity index (χ4n) is 1.70. The maximum atomic E-state index is 5.52. The topological polar surface area (TPSA) is 39.1 Å². The molecule has 0 aliphatic heterocycles. The van der Waals surface area contributed by atoms with E-state index < -0.39 is 0 Å². The van der Waals surface area contributed by atoms with Gasteiger partial charge in [-0.2, -0.15) is 5.10 Å². The van der Waals surface area contributed by atoms with Crippen LogP contribution in [-0.2, 0) is 17.8 Å². The van der Waals surface area contributed by atoms with E-state index in [0.717, 1.165) is 42.8 Å². The lowest BCUT2D eigenvalue weighted by Crippen LogP contribution is -2.19. The molecular formula is C12H21BrClN3O. The van der Waals surface area contributed by atoms with E-state index in [2.05, 4.69) is 33.3 Å². The molecule has 0 aliphatic rings. The van der Waals surface area contributed by atoms with Gasteiger partial charge in [0.05, 0.1) is 22.5 Å². The maximum absolute atomic E-state index is 5.52. The van der Waals surface area contributed by atoms with Crippen LogP contribution in [0.3, 0.4) is 0 Å². The number of halogens is 2. The van der Waals surface area contributed by atoms with Gasteiger partial charge in [-0.25, -0.2) is 0 Å². The monoisotopic (exact) mass is 337 g/mol. The molecule has 0 spiro atoms. The van der Waals surface area contributed by atoms with E-state index in [-0.39, 0.29) is 0 Å². The molecule has 1 heterocycles. The predicted molar refractivity (Wildman–Crippen MR) is 78.2 cm³/mol. The summed E-state index contributed by atoms with van der Waals surface area (Å²) >= 11 is 9.10. The number of aryl methyl sites for hydroxylation is 2. The van der Waals surface area contributed by atoms with E-state index >= 15 is 0 Å². The van der Waals surface area contributed by atoms with Crippen molar-refractivity contribution in [3.05, 3.63) is 15.9 Å². The number of nitrogens with one attached hydrogen (secondary N) is 1. The molecule has 104 valence electrons. The van der Waals surface area contributed by atoms with E-state index in [1.54, 1.807) is 0 Å². The van der Waals surface area contributed by atoms with Crippen LogP contribution >= 0.6 is 27.5 Å². The minimum atomic E-state index is 0.565. The summed E-state index contributed by atoms with van der Waals surface area (Å²) in [6.07, 6.45) is 0.994. The average molecular weight is 339 g/mol. The van der Waals surface area contributed by atoms with Crippen LogP contribution in [0.15, 0.2) is 4.47 Å². The minimum absolute atomic E-state index is 0.565. The van der Waals surface area contributed by atoms with Gasteiger partial charge >= 0.3 is 0 Å². The van der Waals surface area contributed by atoms with E-state index in [4.69, 9.17) is 16.3 Å². The molecule has 18 heavy (non-hydrogen) atoms. The van der Waals surface area contributed by atoms with Gasteiger partial charge in [-0.1, -0.05) is 0 Å². The Morgan fingerprint density at radius 2 is 2.22 bits per heavy atom. The van der Waals surface area contributed by atoms with Gasteiger partial charge in [0, 0.05) is 25.6 Å². The summed E-state index contributed by atoms with van der Waals surface area (Å²) in [5.74, 6) is 0.565. The number of rotatable bonds is 9. The summed E-state index contributed by atoms with van der Waals surface area (Å²) < 4.78 is 8.44. The van der Waals surface area contributed by atoms with Crippen molar-refractivity contribution in [2.75, 3.05) is 25.6 Å². The molecule has 1 rings (SSSR count). The van der Waals surface area contributed by atoms with Gasteiger partial charge in [0.15, 0.2) is 0 Å². The smallest absolute Gasteiger partial charge is 0.0739 e. The van der Waals surface area contributed by atoms with Crippen molar-refractivity contribution in [1.29, 1.82) is 0 Å². The zero-order chi connectivity index (χ0) is 13.4. The molecule has 4 nitrogen and oxygen atoms in total. The van der Waals surface area contributed by atoms with E-state index in [1.807, 2.05) is 11.6 Å². The van der Waals surface area contributed by atoms with Gasteiger partial charge in [0.2, 0.25) is 0 Å². The van der Waals surface area contributed by atoms with Gasteiger partial charge in [0.1, 0.15) is 0 Å². The third-order valence-electron chi connectivity index (χ3n) is 2.61. The number of hydrogen-bond donors (Lipinski definition) is 1. The molecule has 0 atom stereocenters. The summed E-state index contributed by atoms with van der Waals surface area (Å²) in [4.78, 5) is 0. The molecule has 0 radical (unpaired) electrons. The van der Waals surface area contributed by atoms with Crippen molar-refractivity contribution in [1.82, 2.24) is 15.1 Å². The fourth-order valence-corrected chi connectivity index (χ4v) is 2.23. The Hall–Kier alpha value is -0.100. The first-order chi connectivity index (χ1) is 8.70. The molecule has 1 N–H and O–H groups in total. The summed E-state index contributed by atoms with van der Waals surface area (Å²) in [5.41, 5.74) is 2.25. The zero-order valence-electron chi connectivity index (χ0n) is 11.0. The van der Waals surface area contributed by atoms with Crippen molar-refractivity contribution in [3.63, 3.8) is 0 Å². The van der Waals surface area contributed by atoms with E-state index in [0.29, 0.717) is 12.5 Å². The molecule has 1 aromatic heterocycles. The largest absolute Gasteiger partial charge is 0.380 e. The van der Waals surface area contributed by atoms with Crippen LogP contribution in [0.2, 0.25) is 0 Å². The highest BCUT2D eigenvalue weighted by atomic mass is 79.9. The van der Waals surface area contributed by atoms with Crippen molar-refractivity contribution in [2.24, 2.45) is 0 Å². The average Bonchev–Trinajstić information content (AvgIpc) is 2.65. The summed E-state index contributed by atoms with van der Waals surface area (Å²) in [6.45, 7) is 8.15. The second-order valence-corrected chi connectivity index (χ2v) is 5.16. The Labute approximate surface area is 122 Å². The molecule has 0 fully saturated rings. The molecular weight excluding hydrogens is 318 g/mol. The first kappa shape index (κ1) is 16.0. The highest BCUT2D eigenvalue weighted by Gasteiger charge is 2.10. The molecule has 0 bridgehead atoms. The van der Waals surface area contributed by atoms with Crippen molar-refractivity contribution < 1.29 is 4.74 Å². The number of aromatic nitrogens is 2. The van der Waals surface area contributed by atoms with Gasteiger partial charge in [-0.3, -0.25) is 4.68 Å². The number of alkyl halides is 1. The maximum Gasteiger partial charge on any atom is 0.0739 e. The lowest BCUT2D eigenvalue weighted by atomic mass is 10.3. The quantitative estimate of drug-likeness (QED) is 0.556. The first-order valence-corrected chi connectivity index (χ1v) is 7.59. The lowest BCUT2D eigenvalue weighted by Gasteiger charge is -2.07. The van der Waals surface area contributed by atoms with Crippen LogP contribution in [0, 0.1) is 6.92 Å². The van der Waals surface area contributed by atoms with E-state index in [9.17, 15) is 0 Å². The minimum Gasteiger partial charge on any atom is -0.380 e. The molecule has 0 amide bonds. The SMILES string of the molecule is CCn1nc(C)c(Br)c1CNCCCOCCCl. The Kier molecular flexibility index (Phi) is 7.90. The van der Waals surface area contributed by atoms with Crippen molar-refractivity contribution in [3.8, 4) is 0 Å². The lowest BCUT2D eigenvalue weighted by molar-refractivity contribution is 0.146. The Morgan fingerprint density at radius 1 is 1.44 bits per heavy atom. The van der Waals surface area contributed by atoms with Crippen LogP contribution < -0.4 is 5.32 Å². The molecule has 0 aliphatic carbocycles. The Balaban J connectivity index is 2.26. The molecule has 0 saturated carbocycles. The third kappa shape index (κ3) is 4.88. The summed E-state index contributed by atoms with van der Waals surface area (Å²) in [5, 5.41) is 7.86. The van der Waals surface area contributed by atoms with Gasteiger partial charge in [-0.15, -0.1) is 11.6 Å². The Bertz CT molecular complexity index is 357. The summed E-state index contributed by atoms with van der Waals surface area (Å²) in [7, 11) is 0. The molecule has 0 saturated heterocycles. The number of ether oxygens (including phenoxy) is 1. The summed E-state index contributed by atoms with van der Waals surface area (Å²) in [6, 6.07) is 0. The van der Waals surface area contributed by atoms with Gasteiger partial charge in [0.25, 0.3) is 0 Å². The fraction of sp³-hybridized carbons (Fsp3) is 0.750. The van der Waals surface area contributed by atoms with Crippen LogP contribution in [0.5, 0.6) is 0 Å². The zero-order valence-corrected chi connectivity index (χ0v) is 13.4. The highest BCUT2D eigenvalue weighted by molar-refractivity contribution is 9.10. The number of nitrogens with zero attached hydrogens (tertiary/aromatic N) is 2. The normalized spacial score (nSPS) is 11.1. The standard InChI is InChI=1S/C12H21BrClN3O/c1-3-17-11(12(13)10(2)16-17)9-15-6-4-7-18-8-5-14/h15H,3-9H2,1-2H3. The van der Waals surface area contributed by atoms with Gasteiger partial charge in [-0.05, 0) is 42.7 Å².